The van der Waals surface area contributed by atoms with Crippen LogP contribution in [0.3, 0.4) is 0 Å². The van der Waals surface area contributed by atoms with Crippen LogP contribution in [0.15, 0.2) is 18.2 Å². The van der Waals surface area contributed by atoms with Gasteiger partial charge in [0.1, 0.15) is 11.5 Å². The third-order valence-electron chi connectivity index (χ3n) is 3.75. The monoisotopic (exact) mass is 279 g/mol. The van der Waals surface area contributed by atoms with Gasteiger partial charge in [0.05, 0.1) is 20.8 Å². The van der Waals surface area contributed by atoms with Crippen LogP contribution < -0.4 is 14.8 Å². The summed E-state index contributed by atoms with van der Waals surface area (Å²) >= 11 is 0. The highest BCUT2D eigenvalue weighted by molar-refractivity contribution is 5.38. The second kappa shape index (κ2) is 8.12. The molecule has 0 amide bonds. The molecule has 4 nitrogen and oxygen atoms in total. The van der Waals surface area contributed by atoms with E-state index < -0.39 is 0 Å². The summed E-state index contributed by atoms with van der Waals surface area (Å²) in [6.45, 7) is 3.72. The highest BCUT2D eigenvalue weighted by atomic mass is 16.5. The molecule has 0 aliphatic carbocycles. The van der Waals surface area contributed by atoms with Crippen LogP contribution in [-0.2, 0) is 11.3 Å². The smallest absolute Gasteiger partial charge is 0.122 e. The number of piperidine rings is 1. The molecule has 1 saturated heterocycles. The maximum Gasteiger partial charge on any atom is 0.122 e. The predicted octanol–water partition coefficient (Wildman–Crippen LogP) is 2.61. The van der Waals surface area contributed by atoms with E-state index in [2.05, 4.69) is 5.32 Å². The van der Waals surface area contributed by atoms with Crippen molar-refractivity contribution in [3.05, 3.63) is 23.8 Å². The molecule has 0 radical (unpaired) electrons. The Kier molecular flexibility index (Phi) is 6.15. The molecule has 20 heavy (non-hydrogen) atoms. The predicted molar refractivity (Wildman–Crippen MR) is 79.4 cm³/mol. The highest BCUT2D eigenvalue weighted by Crippen LogP contribution is 2.23. The summed E-state index contributed by atoms with van der Waals surface area (Å²) in [7, 11) is 3.32. The lowest BCUT2D eigenvalue weighted by Crippen LogP contribution is -2.30. The molecular formula is C16H25NO3. The Balaban J connectivity index is 1.75. The summed E-state index contributed by atoms with van der Waals surface area (Å²) in [5, 5.41) is 3.43. The molecule has 1 heterocycles. The van der Waals surface area contributed by atoms with Crippen molar-refractivity contribution in [3.63, 3.8) is 0 Å². The molecule has 1 N–H and O–H groups in total. The Morgan fingerprint density at radius 2 is 1.90 bits per heavy atom. The lowest BCUT2D eigenvalue weighted by molar-refractivity contribution is 0.103. The fraction of sp³-hybridized carbons (Fsp3) is 0.625. The average Bonchev–Trinajstić information content (AvgIpc) is 2.52. The minimum absolute atomic E-state index is 0.605. The average molecular weight is 279 g/mol. The molecule has 1 aliphatic rings. The van der Waals surface area contributed by atoms with Gasteiger partial charge >= 0.3 is 0 Å². The molecule has 4 heteroatoms. The maximum atomic E-state index is 5.78. The lowest BCUT2D eigenvalue weighted by atomic mass is 9.97. The van der Waals surface area contributed by atoms with E-state index in [9.17, 15) is 0 Å². The Bertz CT molecular complexity index is 380. The topological polar surface area (TPSA) is 39.7 Å². The van der Waals surface area contributed by atoms with E-state index in [1.165, 1.54) is 19.4 Å². The molecule has 1 atom stereocenters. The zero-order valence-electron chi connectivity index (χ0n) is 12.5. The molecule has 0 saturated carbocycles. The van der Waals surface area contributed by atoms with Crippen molar-refractivity contribution in [1.82, 2.24) is 5.32 Å². The van der Waals surface area contributed by atoms with Crippen LogP contribution in [-0.4, -0.2) is 33.9 Å². The summed E-state index contributed by atoms with van der Waals surface area (Å²) < 4.78 is 16.3. The van der Waals surface area contributed by atoms with Crippen LogP contribution in [0.2, 0.25) is 0 Å². The van der Waals surface area contributed by atoms with Crippen molar-refractivity contribution in [2.24, 2.45) is 5.92 Å². The van der Waals surface area contributed by atoms with Crippen molar-refractivity contribution in [3.8, 4) is 11.5 Å². The van der Waals surface area contributed by atoms with Gasteiger partial charge in [-0.25, -0.2) is 0 Å². The number of nitrogens with one attached hydrogen (secondary N) is 1. The Labute approximate surface area is 121 Å². The molecule has 1 aromatic rings. The zero-order valence-corrected chi connectivity index (χ0v) is 12.5. The lowest BCUT2D eigenvalue weighted by Gasteiger charge is -2.22. The SMILES string of the molecule is COc1cc(COCC[C@H]2CCCNC2)cc(OC)c1. The standard InChI is InChI=1S/C16H25NO3/c1-18-15-8-14(9-16(10-15)19-2)12-20-7-5-13-4-3-6-17-11-13/h8-10,13,17H,3-7,11-12H2,1-2H3/t13-/m1/s1. The van der Waals surface area contributed by atoms with E-state index in [-0.39, 0.29) is 0 Å². The molecule has 1 fully saturated rings. The number of rotatable bonds is 7. The molecule has 0 bridgehead atoms. The molecule has 0 unspecified atom stereocenters. The normalized spacial score (nSPS) is 18.8. The number of ether oxygens (including phenoxy) is 3. The van der Waals surface area contributed by atoms with Crippen molar-refractivity contribution < 1.29 is 14.2 Å². The first kappa shape index (κ1) is 15.1. The quantitative estimate of drug-likeness (QED) is 0.779. The third kappa shape index (κ3) is 4.69. The summed E-state index contributed by atoms with van der Waals surface area (Å²) in [5.41, 5.74) is 1.09. The molecule has 1 aliphatic heterocycles. The third-order valence-corrected chi connectivity index (χ3v) is 3.75. The van der Waals surface area contributed by atoms with Gasteiger partial charge in [-0.3, -0.25) is 0 Å². The van der Waals surface area contributed by atoms with Gasteiger partial charge in [-0.15, -0.1) is 0 Å². The van der Waals surface area contributed by atoms with Crippen molar-refractivity contribution in [2.75, 3.05) is 33.9 Å². The van der Waals surface area contributed by atoms with Gasteiger partial charge < -0.3 is 19.5 Å². The van der Waals surface area contributed by atoms with Gasteiger partial charge in [-0.1, -0.05) is 0 Å². The molecule has 112 valence electrons. The van der Waals surface area contributed by atoms with Crippen LogP contribution in [0.1, 0.15) is 24.8 Å². The summed E-state index contributed by atoms with van der Waals surface area (Å²) in [4.78, 5) is 0. The van der Waals surface area contributed by atoms with Crippen LogP contribution in [0.5, 0.6) is 11.5 Å². The van der Waals surface area contributed by atoms with Gasteiger partial charge in [0.15, 0.2) is 0 Å². The Morgan fingerprint density at radius 3 is 2.50 bits per heavy atom. The number of hydrogen-bond acceptors (Lipinski definition) is 4. The van der Waals surface area contributed by atoms with Gasteiger partial charge in [-0.05, 0) is 56.0 Å². The van der Waals surface area contributed by atoms with Crippen molar-refractivity contribution >= 4 is 0 Å². The minimum Gasteiger partial charge on any atom is -0.497 e. The van der Waals surface area contributed by atoms with E-state index in [1.54, 1.807) is 14.2 Å². The maximum absolute atomic E-state index is 5.78. The van der Waals surface area contributed by atoms with E-state index in [0.29, 0.717) is 6.61 Å². The number of benzene rings is 1. The van der Waals surface area contributed by atoms with Crippen LogP contribution in [0, 0.1) is 5.92 Å². The zero-order chi connectivity index (χ0) is 14.2. The number of hydrogen-bond donors (Lipinski definition) is 1. The van der Waals surface area contributed by atoms with Crippen LogP contribution >= 0.6 is 0 Å². The Hall–Kier alpha value is -1.26. The van der Waals surface area contributed by atoms with E-state index in [0.717, 1.165) is 42.6 Å². The molecule has 2 rings (SSSR count). The van der Waals surface area contributed by atoms with Gasteiger partial charge in [-0.2, -0.15) is 0 Å². The van der Waals surface area contributed by atoms with E-state index in [4.69, 9.17) is 14.2 Å². The van der Waals surface area contributed by atoms with Gasteiger partial charge in [0.25, 0.3) is 0 Å². The molecular weight excluding hydrogens is 254 g/mol. The second-order valence-electron chi connectivity index (χ2n) is 5.27. The van der Waals surface area contributed by atoms with Crippen LogP contribution in [0.25, 0.3) is 0 Å². The summed E-state index contributed by atoms with van der Waals surface area (Å²) in [6, 6.07) is 5.85. The molecule has 0 spiro atoms. The first-order valence-corrected chi connectivity index (χ1v) is 7.32. The second-order valence-corrected chi connectivity index (χ2v) is 5.27. The van der Waals surface area contributed by atoms with Crippen LogP contribution in [0.4, 0.5) is 0 Å². The fourth-order valence-corrected chi connectivity index (χ4v) is 2.56. The highest BCUT2D eigenvalue weighted by Gasteiger charge is 2.12. The van der Waals surface area contributed by atoms with E-state index >= 15 is 0 Å². The largest absolute Gasteiger partial charge is 0.497 e. The van der Waals surface area contributed by atoms with Crippen molar-refractivity contribution in [2.45, 2.75) is 25.9 Å². The molecule has 0 aromatic heterocycles. The number of methoxy groups -OCH3 is 2. The first-order valence-electron chi connectivity index (χ1n) is 7.32. The first-order chi connectivity index (χ1) is 9.81. The summed E-state index contributed by atoms with van der Waals surface area (Å²) in [6.07, 6.45) is 3.75. The van der Waals surface area contributed by atoms with E-state index in [1.807, 2.05) is 18.2 Å². The minimum atomic E-state index is 0.605. The van der Waals surface area contributed by atoms with Crippen molar-refractivity contribution in [1.29, 1.82) is 0 Å². The fourth-order valence-electron chi connectivity index (χ4n) is 2.56. The van der Waals surface area contributed by atoms with Gasteiger partial charge in [0.2, 0.25) is 0 Å². The Morgan fingerprint density at radius 1 is 1.15 bits per heavy atom. The summed E-state index contributed by atoms with van der Waals surface area (Å²) in [5.74, 6) is 2.38. The van der Waals surface area contributed by atoms with Gasteiger partial charge in [0, 0.05) is 12.7 Å². The molecule has 1 aromatic carbocycles.